The van der Waals surface area contributed by atoms with Gasteiger partial charge >= 0.3 is 0 Å². The summed E-state index contributed by atoms with van der Waals surface area (Å²) in [5.74, 6) is 0.814. The van der Waals surface area contributed by atoms with Gasteiger partial charge in [-0.05, 0) is 45.0 Å². The van der Waals surface area contributed by atoms with Crippen LogP contribution in [0.3, 0.4) is 0 Å². The van der Waals surface area contributed by atoms with E-state index in [1.54, 1.807) is 34.9 Å². The van der Waals surface area contributed by atoms with Crippen LogP contribution < -0.4 is 10.3 Å². The van der Waals surface area contributed by atoms with Crippen molar-refractivity contribution in [1.82, 2.24) is 9.55 Å². The maximum absolute atomic E-state index is 12.8. The summed E-state index contributed by atoms with van der Waals surface area (Å²) >= 11 is 1.32. The average Bonchev–Trinajstić information content (AvgIpc) is 2.70. The summed E-state index contributed by atoms with van der Waals surface area (Å²) in [5, 5.41) is 11.5. The van der Waals surface area contributed by atoms with Crippen molar-refractivity contribution in [2.75, 3.05) is 12.4 Å². The first-order valence-corrected chi connectivity index (χ1v) is 10.4. The smallest absolute Gasteiger partial charge is 0.262 e. The lowest BCUT2D eigenvalue weighted by atomic mass is 10.1. The molecule has 1 N–H and O–H groups in total. The van der Waals surface area contributed by atoms with Gasteiger partial charge in [-0.25, -0.2) is 4.98 Å². The Bertz CT molecular complexity index is 1080. The topological polar surface area (TPSA) is 81.4 Å². The first-order valence-electron chi connectivity index (χ1n) is 9.42. The van der Waals surface area contributed by atoms with Crippen LogP contribution in [-0.4, -0.2) is 38.9 Å². The first kappa shape index (κ1) is 21.1. The van der Waals surface area contributed by atoms with E-state index in [4.69, 9.17) is 4.74 Å². The van der Waals surface area contributed by atoms with Crippen LogP contribution in [-0.2, 0) is 0 Å². The molecule has 0 saturated heterocycles. The summed E-state index contributed by atoms with van der Waals surface area (Å²) < 4.78 is 7.26. The predicted octanol–water partition coefficient (Wildman–Crippen LogP) is 3.71. The monoisotopic (exact) mass is 412 g/mol. The molecule has 152 valence electrons. The molecule has 1 heterocycles. The van der Waals surface area contributed by atoms with E-state index in [1.807, 2.05) is 32.0 Å². The first-order chi connectivity index (χ1) is 13.9. The Morgan fingerprint density at radius 3 is 2.69 bits per heavy atom. The number of carbonyl (C=O) groups is 1. The fourth-order valence-corrected chi connectivity index (χ4v) is 3.93. The van der Waals surface area contributed by atoms with E-state index in [0.717, 1.165) is 0 Å². The van der Waals surface area contributed by atoms with E-state index in [9.17, 15) is 14.7 Å². The molecule has 2 aromatic carbocycles. The van der Waals surface area contributed by atoms with Crippen molar-refractivity contribution < 1.29 is 14.6 Å². The maximum atomic E-state index is 12.8. The Morgan fingerprint density at radius 2 is 1.97 bits per heavy atom. The Labute approximate surface area is 173 Å². The van der Waals surface area contributed by atoms with Gasteiger partial charge in [0.25, 0.3) is 5.56 Å². The molecule has 0 saturated carbocycles. The number of aromatic nitrogens is 2. The van der Waals surface area contributed by atoms with Gasteiger partial charge in [0.1, 0.15) is 12.4 Å². The SMILES string of the molecule is CC(=O)c1cccc(OC[C@@H](O)CSc2nc3ccccc3c(=O)n2C(C)C)c1. The quantitative estimate of drug-likeness (QED) is 0.345. The molecule has 0 aliphatic heterocycles. The van der Waals surface area contributed by atoms with Crippen LogP contribution in [0, 0.1) is 0 Å². The minimum Gasteiger partial charge on any atom is -0.491 e. The van der Waals surface area contributed by atoms with E-state index < -0.39 is 6.10 Å². The van der Waals surface area contributed by atoms with E-state index in [1.165, 1.54) is 18.7 Å². The van der Waals surface area contributed by atoms with Crippen molar-refractivity contribution in [1.29, 1.82) is 0 Å². The average molecular weight is 413 g/mol. The third-order valence-electron chi connectivity index (χ3n) is 4.38. The number of ether oxygens (including phenoxy) is 1. The van der Waals surface area contributed by atoms with Crippen molar-refractivity contribution in [2.24, 2.45) is 0 Å². The molecule has 7 heteroatoms. The zero-order valence-corrected chi connectivity index (χ0v) is 17.5. The number of para-hydroxylation sites is 1. The van der Waals surface area contributed by atoms with Gasteiger partial charge < -0.3 is 9.84 Å². The van der Waals surface area contributed by atoms with Gasteiger partial charge in [0.2, 0.25) is 0 Å². The normalized spacial score (nSPS) is 12.3. The molecule has 0 spiro atoms. The van der Waals surface area contributed by atoms with Gasteiger partial charge in [0, 0.05) is 17.4 Å². The highest BCUT2D eigenvalue weighted by Gasteiger charge is 2.16. The van der Waals surface area contributed by atoms with Gasteiger partial charge in [0.15, 0.2) is 10.9 Å². The van der Waals surface area contributed by atoms with Gasteiger partial charge in [-0.3, -0.25) is 14.2 Å². The second kappa shape index (κ2) is 9.24. The molecule has 1 aromatic heterocycles. The molecule has 3 aromatic rings. The van der Waals surface area contributed by atoms with Gasteiger partial charge in [-0.2, -0.15) is 0 Å². The van der Waals surface area contributed by atoms with Crippen LogP contribution in [0.2, 0.25) is 0 Å². The van der Waals surface area contributed by atoms with E-state index in [2.05, 4.69) is 4.98 Å². The summed E-state index contributed by atoms with van der Waals surface area (Å²) in [5.41, 5.74) is 1.12. The largest absolute Gasteiger partial charge is 0.491 e. The second-order valence-electron chi connectivity index (χ2n) is 7.04. The van der Waals surface area contributed by atoms with Crippen LogP contribution in [0.1, 0.15) is 37.2 Å². The maximum Gasteiger partial charge on any atom is 0.262 e. The Balaban J connectivity index is 1.70. The summed E-state index contributed by atoms with van der Waals surface area (Å²) in [6, 6.07) is 14.1. The number of aliphatic hydroxyl groups excluding tert-OH is 1. The number of Topliss-reactive ketones (excluding diaryl/α,β-unsaturated/α-hetero) is 1. The number of rotatable bonds is 8. The van der Waals surface area contributed by atoms with Crippen molar-refractivity contribution in [2.45, 2.75) is 38.1 Å². The number of thioether (sulfide) groups is 1. The number of hydrogen-bond donors (Lipinski definition) is 1. The van der Waals surface area contributed by atoms with E-state index in [-0.39, 0.29) is 24.0 Å². The lowest BCUT2D eigenvalue weighted by molar-refractivity contribution is 0.101. The van der Waals surface area contributed by atoms with Crippen LogP contribution in [0.25, 0.3) is 10.9 Å². The Kier molecular flexibility index (Phi) is 6.71. The molecule has 0 amide bonds. The summed E-state index contributed by atoms with van der Waals surface area (Å²) in [7, 11) is 0. The number of nitrogens with zero attached hydrogens (tertiary/aromatic N) is 2. The number of ketones is 1. The lowest BCUT2D eigenvalue weighted by Gasteiger charge is -2.17. The molecule has 29 heavy (non-hydrogen) atoms. The van der Waals surface area contributed by atoms with Crippen LogP contribution in [0.5, 0.6) is 5.75 Å². The number of fused-ring (bicyclic) bond motifs is 1. The molecular formula is C22H24N2O4S. The molecule has 6 nitrogen and oxygen atoms in total. The molecule has 0 radical (unpaired) electrons. The van der Waals surface area contributed by atoms with Gasteiger partial charge in [-0.15, -0.1) is 0 Å². The third-order valence-corrected chi connectivity index (χ3v) is 5.48. The zero-order chi connectivity index (χ0) is 21.0. The Hall–Kier alpha value is -2.64. The third kappa shape index (κ3) is 5.05. The molecular weight excluding hydrogens is 388 g/mol. The molecule has 0 bridgehead atoms. The molecule has 1 atom stereocenters. The van der Waals surface area contributed by atoms with Crippen LogP contribution in [0.15, 0.2) is 58.5 Å². The minimum atomic E-state index is -0.759. The Morgan fingerprint density at radius 1 is 1.21 bits per heavy atom. The van der Waals surface area contributed by atoms with Crippen molar-refractivity contribution in [3.05, 3.63) is 64.4 Å². The zero-order valence-electron chi connectivity index (χ0n) is 16.7. The number of carbonyl (C=O) groups excluding carboxylic acids is 1. The lowest BCUT2D eigenvalue weighted by Crippen LogP contribution is -2.26. The number of hydrogen-bond acceptors (Lipinski definition) is 6. The predicted molar refractivity (Wildman–Crippen MR) is 115 cm³/mol. The van der Waals surface area contributed by atoms with Crippen molar-refractivity contribution in [3.8, 4) is 5.75 Å². The van der Waals surface area contributed by atoms with Crippen LogP contribution in [0.4, 0.5) is 0 Å². The van der Waals surface area contributed by atoms with Crippen molar-refractivity contribution >= 4 is 28.4 Å². The highest BCUT2D eigenvalue weighted by molar-refractivity contribution is 7.99. The number of benzene rings is 2. The second-order valence-corrected chi connectivity index (χ2v) is 8.03. The molecule has 0 unspecified atom stereocenters. The summed E-state index contributed by atoms with van der Waals surface area (Å²) in [6.07, 6.45) is -0.759. The summed E-state index contributed by atoms with van der Waals surface area (Å²) in [4.78, 5) is 28.9. The van der Waals surface area contributed by atoms with Gasteiger partial charge in [0.05, 0.1) is 17.0 Å². The van der Waals surface area contributed by atoms with Gasteiger partial charge in [-0.1, -0.05) is 36.0 Å². The highest BCUT2D eigenvalue weighted by atomic mass is 32.2. The standard InChI is InChI=1S/C22H24N2O4S/c1-14(2)24-21(27)19-9-4-5-10-20(19)23-22(24)29-13-17(26)12-28-18-8-6-7-16(11-18)15(3)25/h4-11,14,17,26H,12-13H2,1-3H3/t17-/m1/s1. The van der Waals surface area contributed by atoms with Crippen LogP contribution >= 0.6 is 11.8 Å². The highest BCUT2D eigenvalue weighted by Crippen LogP contribution is 2.22. The number of aliphatic hydroxyl groups is 1. The van der Waals surface area contributed by atoms with E-state index in [0.29, 0.717) is 33.1 Å². The molecule has 0 fully saturated rings. The van der Waals surface area contributed by atoms with Crippen molar-refractivity contribution in [3.63, 3.8) is 0 Å². The fraction of sp³-hybridized carbons (Fsp3) is 0.318. The van der Waals surface area contributed by atoms with E-state index >= 15 is 0 Å². The fourth-order valence-electron chi connectivity index (χ4n) is 2.90. The molecule has 0 aliphatic rings. The summed E-state index contributed by atoms with van der Waals surface area (Å²) in [6.45, 7) is 5.44. The molecule has 0 aliphatic carbocycles. The molecule has 3 rings (SSSR count). The minimum absolute atomic E-state index is 0.0411.